The van der Waals surface area contributed by atoms with Crippen molar-refractivity contribution >= 4 is 23.3 Å². The lowest BCUT2D eigenvalue weighted by molar-refractivity contribution is -0.383. The number of carbonyl (C=O) groups excluding carboxylic acids is 1. The molecule has 0 bridgehead atoms. The average Bonchev–Trinajstić information content (AvgIpc) is 2.81. The highest BCUT2D eigenvalue weighted by molar-refractivity contribution is 5.72. The van der Waals surface area contributed by atoms with Gasteiger partial charge in [0.1, 0.15) is 5.82 Å². The number of piperidine rings is 1. The van der Waals surface area contributed by atoms with E-state index in [4.69, 9.17) is 10.5 Å². The topological polar surface area (TPSA) is 128 Å². The lowest BCUT2D eigenvalue weighted by Gasteiger charge is -2.27. The number of aromatic nitrogens is 2. The average molecular weight is 457 g/mol. The van der Waals surface area contributed by atoms with Crippen LogP contribution >= 0.6 is 0 Å². The first kappa shape index (κ1) is 24.4. The minimum absolute atomic E-state index is 0.0620. The molecule has 3 rings (SSSR count). The summed E-state index contributed by atoms with van der Waals surface area (Å²) >= 11 is 0. The van der Waals surface area contributed by atoms with Gasteiger partial charge in [-0.15, -0.1) is 0 Å². The van der Waals surface area contributed by atoms with Crippen LogP contribution in [0.2, 0.25) is 0 Å². The molecule has 178 valence electrons. The van der Waals surface area contributed by atoms with Crippen LogP contribution in [0.1, 0.15) is 49.6 Å². The summed E-state index contributed by atoms with van der Waals surface area (Å²) in [5, 5.41) is 11.8. The predicted octanol–water partition coefficient (Wildman–Crippen LogP) is 3.09. The number of carbonyl (C=O) groups is 1. The van der Waals surface area contributed by atoms with Gasteiger partial charge in [0.05, 0.1) is 18.5 Å². The zero-order valence-electron chi connectivity index (χ0n) is 19.3. The monoisotopic (exact) mass is 456 g/mol. The van der Waals surface area contributed by atoms with E-state index in [1.807, 2.05) is 19.1 Å². The number of nitrogen functional groups attached to an aromatic ring is 1. The first-order chi connectivity index (χ1) is 15.9. The minimum atomic E-state index is -0.567. The van der Waals surface area contributed by atoms with Gasteiger partial charge in [-0.05, 0) is 37.1 Å². The number of nitrogens with zero attached hydrogens (tertiary/aromatic N) is 5. The Hall–Kier alpha value is -3.27. The van der Waals surface area contributed by atoms with E-state index in [1.54, 1.807) is 4.90 Å². The van der Waals surface area contributed by atoms with Gasteiger partial charge in [0.25, 0.3) is 0 Å². The van der Waals surface area contributed by atoms with Crippen molar-refractivity contribution in [1.29, 1.82) is 0 Å². The van der Waals surface area contributed by atoms with Crippen LogP contribution in [0.25, 0.3) is 0 Å². The second-order valence-corrected chi connectivity index (χ2v) is 8.21. The van der Waals surface area contributed by atoms with Gasteiger partial charge in [0.2, 0.25) is 11.6 Å². The second-order valence-electron chi connectivity index (χ2n) is 8.21. The van der Waals surface area contributed by atoms with E-state index in [2.05, 4.69) is 27.0 Å². The van der Waals surface area contributed by atoms with Crippen molar-refractivity contribution in [3.05, 3.63) is 51.3 Å². The molecule has 1 aromatic heterocycles. The van der Waals surface area contributed by atoms with Crippen LogP contribution in [-0.4, -0.2) is 52.5 Å². The molecule has 33 heavy (non-hydrogen) atoms. The molecule has 0 radical (unpaired) electrons. The summed E-state index contributed by atoms with van der Waals surface area (Å²) in [5.74, 6) is -0.0484. The SMILES string of the molecule is CCc1nc(N)c([N+](=O)[O-])c(N(CCC(=O)OC)Cc2cccc(CN3CCCCC3)c2)n1. The molecule has 2 aromatic rings. The van der Waals surface area contributed by atoms with Gasteiger partial charge in [-0.3, -0.25) is 19.8 Å². The third kappa shape index (κ3) is 6.61. The molecule has 0 aliphatic carbocycles. The molecule has 1 aliphatic heterocycles. The fourth-order valence-electron chi connectivity index (χ4n) is 4.07. The number of benzene rings is 1. The van der Waals surface area contributed by atoms with Crippen LogP contribution in [0.4, 0.5) is 17.3 Å². The van der Waals surface area contributed by atoms with E-state index < -0.39 is 10.9 Å². The Kier molecular flexibility index (Phi) is 8.53. The summed E-state index contributed by atoms with van der Waals surface area (Å²) < 4.78 is 4.77. The molecular weight excluding hydrogens is 424 g/mol. The van der Waals surface area contributed by atoms with Gasteiger partial charge in [0, 0.05) is 26.1 Å². The van der Waals surface area contributed by atoms with Crippen LogP contribution in [0, 0.1) is 10.1 Å². The van der Waals surface area contributed by atoms with E-state index >= 15 is 0 Å². The highest BCUT2D eigenvalue weighted by atomic mass is 16.6. The number of nitro groups is 1. The third-order valence-electron chi connectivity index (χ3n) is 5.77. The van der Waals surface area contributed by atoms with Crippen molar-refractivity contribution in [3.8, 4) is 0 Å². The lowest BCUT2D eigenvalue weighted by Crippen LogP contribution is -2.30. The Morgan fingerprint density at radius 3 is 2.64 bits per heavy atom. The predicted molar refractivity (Wildman–Crippen MR) is 126 cm³/mol. The highest BCUT2D eigenvalue weighted by Crippen LogP contribution is 2.32. The maximum Gasteiger partial charge on any atom is 0.353 e. The quantitative estimate of drug-likeness (QED) is 0.326. The third-order valence-corrected chi connectivity index (χ3v) is 5.77. The number of anilines is 2. The molecular formula is C23H32N6O4. The van der Waals surface area contributed by atoms with Crippen molar-refractivity contribution in [2.45, 2.75) is 52.1 Å². The van der Waals surface area contributed by atoms with Crippen LogP contribution in [0.15, 0.2) is 24.3 Å². The number of esters is 1. The molecule has 1 aromatic carbocycles. The van der Waals surface area contributed by atoms with Crippen LogP contribution < -0.4 is 10.6 Å². The smallest absolute Gasteiger partial charge is 0.353 e. The van der Waals surface area contributed by atoms with Crippen molar-refractivity contribution in [3.63, 3.8) is 0 Å². The van der Waals surface area contributed by atoms with Gasteiger partial charge in [0.15, 0.2) is 0 Å². The Bertz CT molecular complexity index is 977. The number of methoxy groups -OCH3 is 1. The molecule has 1 aliphatic rings. The summed E-state index contributed by atoms with van der Waals surface area (Å²) in [6, 6.07) is 8.17. The molecule has 1 fully saturated rings. The number of aryl methyl sites for hydroxylation is 1. The highest BCUT2D eigenvalue weighted by Gasteiger charge is 2.28. The van der Waals surface area contributed by atoms with Gasteiger partial charge >= 0.3 is 11.7 Å². The summed E-state index contributed by atoms with van der Waals surface area (Å²) in [5.41, 5.74) is 7.74. The van der Waals surface area contributed by atoms with Gasteiger partial charge < -0.3 is 15.4 Å². The minimum Gasteiger partial charge on any atom is -0.469 e. The Morgan fingerprint density at radius 2 is 1.97 bits per heavy atom. The van der Waals surface area contributed by atoms with Crippen molar-refractivity contribution < 1.29 is 14.5 Å². The first-order valence-electron chi connectivity index (χ1n) is 11.3. The standard InChI is InChI=1S/C23H32N6O4/c1-3-19-25-22(24)21(29(31)32)23(26-19)28(13-10-20(30)33-2)16-18-9-7-8-17(14-18)15-27-11-5-4-6-12-27/h7-9,14H,3-6,10-13,15-16H2,1-2H3,(H2,24,25,26). The zero-order valence-corrected chi connectivity index (χ0v) is 19.3. The molecule has 0 amide bonds. The van der Waals surface area contributed by atoms with Gasteiger partial charge in [-0.25, -0.2) is 9.97 Å². The molecule has 10 nitrogen and oxygen atoms in total. The number of rotatable bonds is 10. The molecule has 10 heteroatoms. The summed E-state index contributed by atoms with van der Waals surface area (Å²) in [6.07, 6.45) is 4.27. The van der Waals surface area contributed by atoms with Crippen molar-refractivity contribution in [2.75, 3.05) is 37.4 Å². The molecule has 2 N–H and O–H groups in total. The lowest BCUT2D eigenvalue weighted by atomic mass is 10.1. The number of ether oxygens (including phenoxy) is 1. The number of hydrogen-bond donors (Lipinski definition) is 1. The number of hydrogen-bond acceptors (Lipinski definition) is 9. The van der Waals surface area contributed by atoms with E-state index in [0.29, 0.717) is 18.8 Å². The number of nitrogens with two attached hydrogens (primary N) is 1. The van der Waals surface area contributed by atoms with Crippen molar-refractivity contribution in [1.82, 2.24) is 14.9 Å². The number of likely N-dealkylation sites (tertiary alicyclic amines) is 1. The van der Waals surface area contributed by atoms with Crippen LogP contribution in [0.5, 0.6) is 0 Å². The molecule has 0 saturated carbocycles. The second kappa shape index (κ2) is 11.6. The van der Waals surface area contributed by atoms with Crippen LogP contribution in [-0.2, 0) is 29.0 Å². The van der Waals surface area contributed by atoms with E-state index in [9.17, 15) is 14.9 Å². The Labute approximate surface area is 193 Å². The molecule has 0 spiro atoms. The summed E-state index contributed by atoms with van der Waals surface area (Å²) in [7, 11) is 1.32. The molecule has 2 heterocycles. The fourth-order valence-corrected chi connectivity index (χ4v) is 4.07. The first-order valence-corrected chi connectivity index (χ1v) is 11.3. The van der Waals surface area contributed by atoms with E-state index in [1.165, 1.54) is 31.9 Å². The molecule has 1 saturated heterocycles. The Morgan fingerprint density at radius 1 is 1.24 bits per heavy atom. The van der Waals surface area contributed by atoms with Gasteiger partial charge in [-0.2, -0.15) is 0 Å². The summed E-state index contributed by atoms with van der Waals surface area (Å²) in [6.45, 7) is 5.46. The molecule has 0 unspecified atom stereocenters. The fraction of sp³-hybridized carbons (Fsp3) is 0.522. The van der Waals surface area contributed by atoms with Crippen LogP contribution in [0.3, 0.4) is 0 Å². The zero-order chi connectivity index (χ0) is 23.8. The van der Waals surface area contributed by atoms with E-state index in [-0.39, 0.29) is 30.3 Å². The maximum atomic E-state index is 11.8. The normalized spacial score (nSPS) is 14.1. The molecule has 0 atom stereocenters. The van der Waals surface area contributed by atoms with E-state index in [0.717, 1.165) is 25.2 Å². The summed E-state index contributed by atoms with van der Waals surface area (Å²) in [4.78, 5) is 35.7. The van der Waals surface area contributed by atoms with Crippen molar-refractivity contribution in [2.24, 2.45) is 0 Å². The largest absolute Gasteiger partial charge is 0.469 e. The maximum absolute atomic E-state index is 11.8. The van der Waals surface area contributed by atoms with Gasteiger partial charge in [-0.1, -0.05) is 37.6 Å². The Balaban J connectivity index is 1.90.